The van der Waals surface area contributed by atoms with Gasteiger partial charge in [0, 0.05) is 23.5 Å². The summed E-state index contributed by atoms with van der Waals surface area (Å²) in [5.41, 5.74) is 2.09. The van der Waals surface area contributed by atoms with E-state index in [4.69, 9.17) is 0 Å². The molecular formula is C23H24N2O3S2. The van der Waals surface area contributed by atoms with Gasteiger partial charge in [-0.25, -0.2) is 8.42 Å². The Hall–Kier alpha value is -2.64. The summed E-state index contributed by atoms with van der Waals surface area (Å²) in [7, 11) is -2.13. The second-order valence-corrected chi connectivity index (χ2v) is 10.6. The smallest absolute Gasteiger partial charge is 0.264 e. The Balaban J connectivity index is 1.53. The lowest BCUT2D eigenvalue weighted by atomic mass is 10.1. The molecule has 0 saturated heterocycles. The van der Waals surface area contributed by atoms with Gasteiger partial charge < -0.3 is 4.90 Å². The van der Waals surface area contributed by atoms with Crippen LogP contribution in [0.15, 0.2) is 70.9 Å². The summed E-state index contributed by atoms with van der Waals surface area (Å²) in [6.07, 6.45) is 2.07. The molecule has 2 aromatic carbocycles. The Morgan fingerprint density at radius 3 is 2.27 bits per heavy atom. The normalized spacial score (nSPS) is 13.8. The molecule has 0 spiro atoms. The number of carbonyl (C=O) groups is 1. The van der Waals surface area contributed by atoms with E-state index in [1.807, 2.05) is 29.3 Å². The largest absolute Gasteiger partial charge is 0.331 e. The number of aryl methyl sites for hydroxylation is 1. The number of sulfonamides is 1. The quantitative estimate of drug-likeness (QED) is 0.536. The van der Waals surface area contributed by atoms with Crippen LogP contribution in [0.2, 0.25) is 0 Å². The van der Waals surface area contributed by atoms with Crippen molar-refractivity contribution in [2.24, 2.45) is 0 Å². The molecule has 1 fully saturated rings. The van der Waals surface area contributed by atoms with Crippen molar-refractivity contribution in [1.29, 1.82) is 0 Å². The van der Waals surface area contributed by atoms with Crippen LogP contribution in [0.1, 0.15) is 33.6 Å². The zero-order chi connectivity index (χ0) is 21.3. The minimum Gasteiger partial charge on any atom is -0.331 e. The number of rotatable bonds is 7. The summed E-state index contributed by atoms with van der Waals surface area (Å²) in [5.74, 6) is -0.0125. The van der Waals surface area contributed by atoms with Crippen LogP contribution in [0.4, 0.5) is 5.69 Å². The third kappa shape index (κ3) is 4.27. The number of nitrogens with zero attached hydrogens (tertiary/aromatic N) is 2. The minimum atomic E-state index is -3.66. The van der Waals surface area contributed by atoms with Gasteiger partial charge in [-0.3, -0.25) is 9.10 Å². The lowest BCUT2D eigenvalue weighted by Gasteiger charge is -2.23. The van der Waals surface area contributed by atoms with Crippen molar-refractivity contribution in [2.75, 3.05) is 11.4 Å². The molecule has 0 N–H and O–H groups in total. The number of hydrogen-bond acceptors (Lipinski definition) is 4. The van der Waals surface area contributed by atoms with Crippen molar-refractivity contribution in [2.45, 2.75) is 37.2 Å². The van der Waals surface area contributed by atoms with Crippen LogP contribution in [0.5, 0.6) is 0 Å². The van der Waals surface area contributed by atoms with Gasteiger partial charge in [-0.05, 0) is 67.6 Å². The molecule has 0 atom stereocenters. The maximum absolute atomic E-state index is 13.1. The monoisotopic (exact) mass is 440 g/mol. The summed E-state index contributed by atoms with van der Waals surface area (Å²) >= 11 is 1.65. The summed E-state index contributed by atoms with van der Waals surface area (Å²) in [6.45, 7) is 2.53. The first-order valence-corrected chi connectivity index (χ1v) is 12.2. The average molecular weight is 441 g/mol. The standard InChI is InChI=1S/C23H24N2O3S2/c1-17-5-13-22(14-6-17)30(27,28)24(2)19-9-7-18(8-10-19)23(26)25(20-11-12-20)16-21-4-3-15-29-21/h3-10,13-15,20H,11-12,16H2,1-2H3. The fourth-order valence-corrected chi connectivity index (χ4v) is 5.21. The van der Waals surface area contributed by atoms with E-state index in [2.05, 4.69) is 0 Å². The highest BCUT2D eigenvalue weighted by molar-refractivity contribution is 7.92. The van der Waals surface area contributed by atoms with E-state index in [9.17, 15) is 13.2 Å². The first-order chi connectivity index (χ1) is 14.4. The molecule has 0 aliphatic heterocycles. The van der Waals surface area contributed by atoms with E-state index in [1.54, 1.807) is 59.9 Å². The van der Waals surface area contributed by atoms with Crippen molar-refractivity contribution in [3.8, 4) is 0 Å². The van der Waals surface area contributed by atoms with E-state index in [0.29, 0.717) is 23.8 Å². The first kappa shape index (κ1) is 20.6. The van der Waals surface area contributed by atoms with Crippen LogP contribution in [0, 0.1) is 6.92 Å². The van der Waals surface area contributed by atoms with Crippen LogP contribution in [0.3, 0.4) is 0 Å². The number of hydrogen-bond donors (Lipinski definition) is 0. The fraction of sp³-hybridized carbons (Fsp3) is 0.261. The molecule has 30 heavy (non-hydrogen) atoms. The number of amides is 1. The molecule has 3 aromatic rings. The number of carbonyl (C=O) groups excluding carboxylic acids is 1. The molecule has 1 heterocycles. The third-order valence-corrected chi connectivity index (χ3v) is 7.97. The van der Waals surface area contributed by atoms with Gasteiger partial charge in [0.1, 0.15) is 0 Å². The van der Waals surface area contributed by atoms with Crippen molar-refractivity contribution < 1.29 is 13.2 Å². The molecule has 1 aliphatic rings. The van der Waals surface area contributed by atoms with Gasteiger partial charge in [0.25, 0.3) is 15.9 Å². The number of benzene rings is 2. The fourth-order valence-electron chi connectivity index (χ4n) is 3.31. The molecule has 4 rings (SSSR count). The van der Waals surface area contributed by atoms with Crippen molar-refractivity contribution in [3.05, 3.63) is 82.0 Å². The van der Waals surface area contributed by atoms with Gasteiger partial charge in [-0.2, -0.15) is 0 Å². The van der Waals surface area contributed by atoms with Gasteiger partial charge in [0.05, 0.1) is 17.1 Å². The Kier molecular flexibility index (Phi) is 5.66. The third-order valence-electron chi connectivity index (χ3n) is 5.31. The summed E-state index contributed by atoms with van der Waals surface area (Å²) in [5, 5.41) is 2.02. The van der Waals surface area contributed by atoms with Crippen LogP contribution in [-0.2, 0) is 16.6 Å². The molecule has 1 amide bonds. The van der Waals surface area contributed by atoms with Gasteiger partial charge in [-0.1, -0.05) is 23.8 Å². The van der Waals surface area contributed by atoms with Crippen LogP contribution < -0.4 is 4.31 Å². The van der Waals surface area contributed by atoms with Crippen molar-refractivity contribution in [3.63, 3.8) is 0 Å². The zero-order valence-corrected chi connectivity index (χ0v) is 18.6. The lowest BCUT2D eigenvalue weighted by Crippen LogP contribution is -2.32. The second-order valence-electron chi connectivity index (χ2n) is 7.58. The van der Waals surface area contributed by atoms with Crippen LogP contribution >= 0.6 is 11.3 Å². The lowest BCUT2D eigenvalue weighted by molar-refractivity contribution is 0.0731. The van der Waals surface area contributed by atoms with E-state index < -0.39 is 10.0 Å². The summed E-state index contributed by atoms with van der Waals surface area (Å²) in [6, 6.07) is 17.9. The zero-order valence-electron chi connectivity index (χ0n) is 17.0. The van der Waals surface area contributed by atoms with E-state index in [0.717, 1.165) is 23.3 Å². The van der Waals surface area contributed by atoms with Gasteiger partial charge in [0.2, 0.25) is 0 Å². The maximum Gasteiger partial charge on any atom is 0.264 e. The molecular weight excluding hydrogens is 416 g/mol. The van der Waals surface area contributed by atoms with Crippen molar-refractivity contribution >= 4 is 33.0 Å². The molecule has 5 nitrogen and oxygen atoms in total. The SMILES string of the molecule is Cc1ccc(S(=O)(=O)N(C)c2ccc(C(=O)N(Cc3cccs3)C3CC3)cc2)cc1. The van der Waals surface area contributed by atoms with Gasteiger partial charge in [0.15, 0.2) is 0 Å². The van der Waals surface area contributed by atoms with Gasteiger partial charge in [-0.15, -0.1) is 11.3 Å². The molecule has 0 unspecified atom stereocenters. The predicted octanol–water partition coefficient (Wildman–Crippen LogP) is 4.69. The van der Waals surface area contributed by atoms with E-state index >= 15 is 0 Å². The molecule has 156 valence electrons. The molecule has 1 saturated carbocycles. The predicted molar refractivity (Wildman–Crippen MR) is 120 cm³/mol. The Labute approximate surface area is 181 Å². The molecule has 0 bridgehead atoms. The van der Waals surface area contributed by atoms with Crippen LogP contribution in [0.25, 0.3) is 0 Å². The number of anilines is 1. The average Bonchev–Trinajstić information content (AvgIpc) is 3.46. The topological polar surface area (TPSA) is 57.7 Å². The Morgan fingerprint density at radius 2 is 1.70 bits per heavy atom. The Bertz CT molecular complexity index is 1120. The number of thiophene rings is 1. The molecule has 1 aliphatic carbocycles. The molecule has 0 radical (unpaired) electrons. The van der Waals surface area contributed by atoms with E-state index in [1.165, 1.54) is 11.4 Å². The minimum absolute atomic E-state index is 0.0125. The summed E-state index contributed by atoms with van der Waals surface area (Å²) < 4.78 is 27.0. The highest BCUT2D eigenvalue weighted by Gasteiger charge is 2.33. The maximum atomic E-state index is 13.1. The first-order valence-electron chi connectivity index (χ1n) is 9.85. The Morgan fingerprint density at radius 1 is 1.03 bits per heavy atom. The van der Waals surface area contributed by atoms with E-state index in [-0.39, 0.29) is 10.8 Å². The van der Waals surface area contributed by atoms with Crippen molar-refractivity contribution in [1.82, 2.24) is 4.90 Å². The molecule has 1 aromatic heterocycles. The highest BCUT2D eigenvalue weighted by Crippen LogP contribution is 2.31. The van der Waals surface area contributed by atoms with Crippen LogP contribution in [-0.4, -0.2) is 32.3 Å². The summed E-state index contributed by atoms with van der Waals surface area (Å²) in [4.78, 5) is 16.4. The second kappa shape index (κ2) is 8.24. The molecule has 7 heteroatoms. The highest BCUT2D eigenvalue weighted by atomic mass is 32.2. The van der Waals surface area contributed by atoms with Gasteiger partial charge >= 0.3 is 0 Å².